The van der Waals surface area contributed by atoms with Crippen molar-refractivity contribution in [2.75, 3.05) is 25.8 Å². The molecule has 1 aliphatic carbocycles. The quantitative estimate of drug-likeness (QED) is 0.596. The number of ether oxygens (including phenoxy) is 2. The first-order chi connectivity index (χ1) is 12.2. The molecule has 8 heteroatoms. The first-order valence-electron chi connectivity index (χ1n) is 8.33. The number of nitrogens with two attached hydrogens (primary N) is 1. The molecule has 25 heavy (non-hydrogen) atoms. The number of methoxy groups -OCH3 is 1. The third-order valence-electron chi connectivity index (χ3n) is 4.47. The van der Waals surface area contributed by atoms with E-state index in [1.807, 2.05) is 12.1 Å². The molecule has 2 heterocycles. The second kappa shape index (κ2) is 9.58. The van der Waals surface area contributed by atoms with Gasteiger partial charge in [0.1, 0.15) is 18.5 Å². The molecule has 1 aliphatic rings. The van der Waals surface area contributed by atoms with E-state index in [1.54, 1.807) is 11.6 Å². The molecule has 1 atom stereocenters. The first kappa shape index (κ1) is 19.5. The molecule has 1 fully saturated rings. The Bertz CT molecular complexity index is 688. The molecule has 2 N–H and O–H groups in total. The van der Waals surface area contributed by atoms with Gasteiger partial charge < -0.3 is 15.2 Å². The normalized spacial score (nSPS) is 15.2. The van der Waals surface area contributed by atoms with Crippen LogP contribution in [-0.2, 0) is 20.7 Å². The number of alkyl halides is 1. The van der Waals surface area contributed by atoms with E-state index in [1.165, 1.54) is 12.7 Å². The van der Waals surface area contributed by atoms with Crippen LogP contribution in [0.2, 0.25) is 0 Å². The Hall–Kier alpha value is -1.86. The Balaban J connectivity index is 0.00000109. The van der Waals surface area contributed by atoms with Crippen molar-refractivity contribution in [2.24, 2.45) is 5.92 Å². The van der Waals surface area contributed by atoms with Crippen LogP contribution in [0, 0.1) is 5.92 Å². The summed E-state index contributed by atoms with van der Waals surface area (Å²) in [5.41, 5.74) is 7.65. The second-order valence-corrected chi connectivity index (χ2v) is 5.92. The lowest BCUT2D eigenvalue weighted by Gasteiger charge is -2.24. The van der Waals surface area contributed by atoms with Crippen molar-refractivity contribution >= 4 is 28.9 Å². The van der Waals surface area contributed by atoms with Gasteiger partial charge in [-0.2, -0.15) is 5.10 Å². The van der Waals surface area contributed by atoms with E-state index < -0.39 is 0 Å². The van der Waals surface area contributed by atoms with Gasteiger partial charge in [0.05, 0.1) is 12.0 Å². The smallest absolute Gasteiger partial charge is 0.309 e. The summed E-state index contributed by atoms with van der Waals surface area (Å²) < 4.78 is 12.6. The van der Waals surface area contributed by atoms with Gasteiger partial charge in [-0.3, -0.25) is 4.79 Å². The van der Waals surface area contributed by atoms with E-state index >= 15 is 0 Å². The van der Waals surface area contributed by atoms with E-state index in [0.29, 0.717) is 12.4 Å². The summed E-state index contributed by atoms with van der Waals surface area (Å²) in [7, 11) is 1.64. The summed E-state index contributed by atoms with van der Waals surface area (Å²) in [5, 5.41) is 4.22. The maximum atomic E-state index is 11.8. The monoisotopic (exact) mass is 368 g/mol. The average molecular weight is 369 g/mol. The van der Waals surface area contributed by atoms with Gasteiger partial charge in [-0.15, -0.1) is 11.6 Å². The van der Waals surface area contributed by atoms with Crippen LogP contribution in [0.15, 0.2) is 18.5 Å². The lowest BCUT2D eigenvalue weighted by atomic mass is 9.86. The van der Waals surface area contributed by atoms with Crippen molar-refractivity contribution in [3.63, 3.8) is 0 Å². The van der Waals surface area contributed by atoms with Crippen molar-refractivity contribution in [3.05, 3.63) is 24.2 Å². The van der Waals surface area contributed by atoms with E-state index in [9.17, 15) is 4.79 Å². The average Bonchev–Trinajstić information content (AvgIpc) is 3.00. The number of carbonyl (C=O) groups excluding carboxylic acids is 1. The van der Waals surface area contributed by atoms with E-state index in [2.05, 4.69) is 21.7 Å². The Labute approximate surface area is 152 Å². The molecule has 2 aromatic heterocycles. The summed E-state index contributed by atoms with van der Waals surface area (Å²) in [6.07, 6.45) is 7.32. The molecule has 3 rings (SSSR count). The molecule has 0 spiro atoms. The summed E-state index contributed by atoms with van der Waals surface area (Å²) in [5.74, 6) is 0.470. The van der Waals surface area contributed by atoms with Crippen molar-refractivity contribution in [1.82, 2.24) is 14.6 Å². The number of hydrogen-bond donors (Lipinski definition) is 1. The number of aromatic nitrogens is 3. The van der Waals surface area contributed by atoms with Crippen LogP contribution in [0.25, 0.3) is 5.52 Å². The Morgan fingerprint density at radius 1 is 1.44 bits per heavy atom. The molecule has 0 aromatic carbocycles. The molecular formula is C17H25ClN4O3. The first-order valence-corrected chi connectivity index (χ1v) is 9.09. The molecule has 1 saturated carbocycles. The van der Waals surface area contributed by atoms with Gasteiger partial charge in [-0.05, 0) is 37.8 Å². The fraction of sp³-hybridized carbons (Fsp3) is 0.588. The lowest BCUT2D eigenvalue weighted by molar-refractivity contribution is -0.155. The molecule has 0 saturated heterocycles. The SMILES string of the molecule is CCl.COC(CCc1ccc2c(N)ncnn12)COC(=O)C1CCC1. The van der Waals surface area contributed by atoms with Gasteiger partial charge in [0.2, 0.25) is 0 Å². The molecule has 0 amide bonds. The van der Waals surface area contributed by atoms with Gasteiger partial charge in [0.15, 0.2) is 5.82 Å². The minimum Gasteiger partial charge on any atom is -0.463 e. The minimum absolute atomic E-state index is 0.0908. The predicted molar refractivity (Wildman–Crippen MR) is 96.6 cm³/mol. The maximum absolute atomic E-state index is 11.8. The predicted octanol–water partition coefficient (Wildman–Crippen LogP) is 2.46. The summed E-state index contributed by atoms with van der Waals surface area (Å²) >= 11 is 4.64. The van der Waals surface area contributed by atoms with Crippen LogP contribution in [0.4, 0.5) is 5.82 Å². The number of carbonyl (C=O) groups is 1. The molecular weight excluding hydrogens is 344 g/mol. The highest BCUT2D eigenvalue weighted by atomic mass is 35.5. The number of anilines is 1. The van der Waals surface area contributed by atoms with Gasteiger partial charge in [0, 0.05) is 19.2 Å². The Morgan fingerprint density at radius 2 is 2.20 bits per heavy atom. The summed E-state index contributed by atoms with van der Waals surface area (Å²) in [6, 6.07) is 3.89. The van der Waals surface area contributed by atoms with Gasteiger partial charge >= 0.3 is 5.97 Å². The van der Waals surface area contributed by atoms with Crippen molar-refractivity contribution in [3.8, 4) is 0 Å². The third-order valence-corrected chi connectivity index (χ3v) is 4.47. The number of fused-ring (bicyclic) bond motifs is 1. The van der Waals surface area contributed by atoms with Crippen LogP contribution in [0.5, 0.6) is 0 Å². The number of nitrogens with zero attached hydrogens (tertiary/aromatic N) is 3. The third kappa shape index (κ3) is 4.83. The van der Waals surface area contributed by atoms with Crippen molar-refractivity contribution in [1.29, 1.82) is 0 Å². The van der Waals surface area contributed by atoms with Crippen molar-refractivity contribution in [2.45, 2.75) is 38.2 Å². The van der Waals surface area contributed by atoms with Gasteiger partial charge in [0.25, 0.3) is 0 Å². The van der Waals surface area contributed by atoms with Crippen LogP contribution >= 0.6 is 11.6 Å². The highest BCUT2D eigenvalue weighted by Crippen LogP contribution is 2.27. The topological polar surface area (TPSA) is 91.7 Å². The van der Waals surface area contributed by atoms with Crippen LogP contribution in [-0.4, -0.2) is 46.8 Å². The molecule has 1 unspecified atom stereocenters. The summed E-state index contributed by atoms with van der Waals surface area (Å²) in [4.78, 5) is 15.8. The molecule has 0 bridgehead atoms. The van der Waals surface area contributed by atoms with E-state index in [4.69, 9.17) is 15.2 Å². The van der Waals surface area contributed by atoms with Gasteiger partial charge in [-0.25, -0.2) is 9.50 Å². The highest BCUT2D eigenvalue weighted by Gasteiger charge is 2.27. The minimum atomic E-state index is -0.122. The second-order valence-electron chi connectivity index (χ2n) is 5.92. The van der Waals surface area contributed by atoms with Crippen LogP contribution in [0.1, 0.15) is 31.4 Å². The largest absolute Gasteiger partial charge is 0.463 e. The zero-order valence-corrected chi connectivity index (χ0v) is 15.4. The maximum Gasteiger partial charge on any atom is 0.309 e. The number of esters is 1. The van der Waals surface area contributed by atoms with Crippen LogP contribution in [0.3, 0.4) is 0 Å². The number of aryl methyl sites for hydroxylation is 1. The number of halogens is 1. The van der Waals surface area contributed by atoms with E-state index in [-0.39, 0.29) is 18.0 Å². The molecule has 138 valence electrons. The Morgan fingerprint density at radius 3 is 2.84 bits per heavy atom. The van der Waals surface area contributed by atoms with E-state index in [0.717, 1.165) is 43.3 Å². The summed E-state index contributed by atoms with van der Waals surface area (Å²) in [6.45, 7) is 0.298. The zero-order valence-electron chi connectivity index (χ0n) is 14.7. The number of hydrogen-bond acceptors (Lipinski definition) is 6. The highest BCUT2D eigenvalue weighted by molar-refractivity contribution is 6.15. The number of rotatable bonds is 7. The Kier molecular flexibility index (Phi) is 7.46. The van der Waals surface area contributed by atoms with Crippen LogP contribution < -0.4 is 5.73 Å². The molecule has 7 nitrogen and oxygen atoms in total. The van der Waals surface area contributed by atoms with Crippen molar-refractivity contribution < 1.29 is 14.3 Å². The standard InChI is InChI=1S/C16H22N4O3.CH3Cl/c1-22-13(9-23-16(21)11-3-2-4-11)7-5-12-6-8-14-15(17)18-10-19-20(12)14;1-2/h6,8,10-11,13H,2-5,7,9H2,1H3,(H2,17,18,19);1H3. The molecule has 2 aromatic rings. The number of nitrogen functional groups attached to an aromatic ring is 1. The molecule has 0 aliphatic heterocycles. The lowest BCUT2D eigenvalue weighted by Crippen LogP contribution is -2.28. The molecule has 0 radical (unpaired) electrons. The zero-order chi connectivity index (χ0) is 18.2. The van der Waals surface area contributed by atoms with Gasteiger partial charge in [-0.1, -0.05) is 6.42 Å². The fourth-order valence-electron chi connectivity index (χ4n) is 2.71. The fourth-order valence-corrected chi connectivity index (χ4v) is 2.71.